The van der Waals surface area contributed by atoms with E-state index in [1.165, 1.54) is 18.2 Å². The third kappa shape index (κ3) is 5.02. The van der Waals surface area contributed by atoms with Gasteiger partial charge in [0.25, 0.3) is 17.4 Å². The molecule has 8 heteroatoms. The summed E-state index contributed by atoms with van der Waals surface area (Å²) in [4.78, 5) is 43.3. The van der Waals surface area contributed by atoms with Gasteiger partial charge >= 0.3 is 0 Å². The lowest BCUT2D eigenvalue weighted by atomic mass is 10.1. The number of amides is 2. The van der Waals surface area contributed by atoms with Crippen molar-refractivity contribution in [3.63, 3.8) is 0 Å². The Bertz CT molecular complexity index is 1530. The maximum atomic E-state index is 13.4. The number of halogens is 1. The summed E-state index contributed by atoms with van der Waals surface area (Å²) in [6.07, 6.45) is 4.92. The minimum Gasteiger partial charge on any atom is -0.322 e. The molecule has 0 bridgehead atoms. The fraction of sp³-hybridized carbons (Fsp3) is 0.214. The topological polar surface area (TPSA) is 93.1 Å². The second-order valence-electron chi connectivity index (χ2n) is 8.88. The summed E-state index contributed by atoms with van der Waals surface area (Å²) in [5.74, 6) is -0.494. The lowest BCUT2D eigenvalue weighted by Gasteiger charge is -2.16. The summed E-state index contributed by atoms with van der Waals surface area (Å²) in [5, 5.41) is 5.93. The fourth-order valence-corrected chi connectivity index (χ4v) is 4.45. The van der Waals surface area contributed by atoms with Gasteiger partial charge in [0.15, 0.2) is 0 Å². The van der Waals surface area contributed by atoms with Gasteiger partial charge in [0, 0.05) is 35.5 Å². The first-order chi connectivity index (χ1) is 17.5. The Hall–Kier alpha value is -4.33. The predicted molar refractivity (Wildman–Crippen MR) is 137 cm³/mol. The molecule has 1 aliphatic heterocycles. The Morgan fingerprint density at radius 1 is 0.806 bits per heavy atom. The molecule has 0 atom stereocenters. The lowest BCUT2D eigenvalue weighted by molar-refractivity contribution is 0.101. The van der Waals surface area contributed by atoms with Crippen LogP contribution in [0.4, 0.5) is 15.8 Å². The van der Waals surface area contributed by atoms with Crippen LogP contribution in [-0.2, 0) is 13.0 Å². The van der Waals surface area contributed by atoms with E-state index in [1.807, 2.05) is 0 Å². The molecular formula is C28H25FN4O3. The van der Waals surface area contributed by atoms with Gasteiger partial charge < -0.3 is 10.6 Å². The maximum Gasteiger partial charge on any atom is 0.261 e. The second kappa shape index (κ2) is 10.1. The molecule has 0 fully saturated rings. The molecule has 3 aromatic carbocycles. The molecule has 0 unspecified atom stereocenters. The number of nitrogens with zero attached hydrogens (tertiary/aromatic N) is 2. The third-order valence-electron chi connectivity index (χ3n) is 6.29. The van der Waals surface area contributed by atoms with Crippen molar-refractivity contribution in [1.29, 1.82) is 0 Å². The lowest BCUT2D eigenvalue weighted by Crippen LogP contribution is -2.26. The monoisotopic (exact) mass is 484 g/mol. The smallest absolute Gasteiger partial charge is 0.261 e. The number of carbonyl (C=O) groups is 2. The van der Waals surface area contributed by atoms with Gasteiger partial charge in [0.1, 0.15) is 11.6 Å². The van der Waals surface area contributed by atoms with Crippen molar-refractivity contribution in [1.82, 2.24) is 9.55 Å². The normalized spacial score (nSPS) is 13.4. The zero-order valence-corrected chi connectivity index (χ0v) is 19.6. The molecule has 1 aromatic heterocycles. The standard InChI is InChI=1S/C28H25FN4O3/c29-20-8-6-10-22(17-20)31-26(34)18-7-5-9-21(15-18)30-27(35)19-12-13-23-24(16-19)32-25-11-3-1-2-4-14-33(25)28(23)36/h5-10,12-13,15-17H,1-4,11,14H2,(H,30,35)(H,31,34). The Morgan fingerprint density at radius 2 is 1.50 bits per heavy atom. The van der Waals surface area contributed by atoms with Crippen LogP contribution in [0.2, 0.25) is 0 Å². The molecule has 36 heavy (non-hydrogen) atoms. The van der Waals surface area contributed by atoms with Gasteiger partial charge in [-0.05, 0) is 67.4 Å². The van der Waals surface area contributed by atoms with E-state index >= 15 is 0 Å². The van der Waals surface area contributed by atoms with Crippen LogP contribution in [-0.4, -0.2) is 21.4 Å². The number of fused-ring (bicyclic) bond motifs is 2. The summed E-state index contributed by atoms with van der Waals surface area (Å²) >= 11 is 0. The first-order valence-corrected chi connectivity index (χ1v) is 12.0. The van der Waals surface area contributed by atoms with Gasteiger partial charge in [-0.3, -0.25) is 19.0 Å². The number of anilines is 2. The minimum atomic E-state index is -0.451. The summed E-state index contributed by atoms with van der Waals surface area (Å²) < 4.78 is 15.2. The molecule has 2 N–H and O–H groups in total. The van der Waals surface area contributed by atoms with Crippen LogP contribution >= 0.6 is 0 Å². The van der Waals surface area contributed by atoms with E-state index < -0.39 is 11.7 Å². The van der Waals surface area contributed by atoms with E-state index in [-0.39, 0.29) is 11.5 Å². The molecule has 7 nitrogen and oxygen atoms in total. The van der Waals surface area contributed by atoms with Crippen LogP contribution in [0.25, 0.3) is 10.9 Å². The highest BCUT2D eigenvalue weighted by atomic mass is 19.1. The Kier molecular flexibility index (Phi) is 6.58. The minimum absolute atomic E-state index is 0.0686. The van der Waals surface area contributed by atoms with Crippen molar-refractivity contribution in [2.75, 3.05) is 10.6 Å². The van der Waals surface area contributed by atoms with Crippen LogP contribution in [0.3, 0.4) is 0 Å². The molecule has 4 aromatic rings. The summed E-state index contributed by atoms with van der Waals surface area (Å²) in [5.41, 5.74) is 1.87. The van der Waals surface area contributed by atoms with Gasteiger partial charge in [0.2, 0.25) is 0 Å². The maximum absolute atomic E-state index is 13.4. The Labute approximate surface area is 207 Å². The van der Waals surface area contributed by atoms with Crippen LogP contribution in [0.5, 0.6) is 0 Å². The van der Waals surface area contributed by atoms with E-state index in [9.17, 15) is 18.8 Å². The van der Waals surface area contributed by atoms with Gasteiger partial charge in [-0.15, -0.1) is 0 Å². The summed E-state index contributed by atoms with van der Waals surface area (Å²) in [6.45, 7) is 0.669. The van der Waals surface area contributed by atoms with Crippen LogP contribution < -0.4 is 16.2 Å². The molecule has 0 saturated heterocycles. The third-order valence-corrected chi connectivity index (χ3v) is 6.29. The summed E-state index contributed by atoms with van der Waals surface area (Å²) in [6, 6.07) is 17.0. The molecule has 1 aliphatic rings. The number of rotatable bonds is 4. The number of nitrogens with one attached hydrogen (secondary N) is 2. The van der Waals surface area contributed by atoms with Crippen LogP contribution in [0.1, 0.15) is 52.2 Å². The van der Waals surface area contributed by atoms with E-state index in [1.54, 1.807) is 53.1 Å². The number of aryl methyl sites for hydroxylation is 1. The van der Waals surface area contributed by atoms with E-state index in [4.69, 9.17) is 4.98 Å². The predicted octanol–water partition coefficient (Wildman–Crippen LogP) is 5.16. The molecule has 2 heterocycles. The molecule has 0 spiro atoms. The fourth-order valence-electron chi connectivity index (χ4n) is 4.45. The highest BCUT2D eigenvalue weighted by molar-refractivity contribution is 6.08. The average molecular weight is 485 g/mol. The molecule has 182 valence electrons. The van der Waals surface area contributed by atoms with Crippen molar-refractivity contribution in [2.24, 2.45) is 0 Å². The molecular weight excluding hydrogens is 459 g/mol. The Balaban J connectivity index is 1.36. The van der Waals surface area contributed by atoms with E-state index in [0.29, 0.717) is 39.9 Å². The number of aromatic nitrogens is 2. The quantitative estimate of drug-likeness (QED) is 0.419. The molecule has 0 saturated carbocycles. The van der Waals surface area contributed by atoms with Crippen molar-refractivity contribution >= 4 is 34.1 Å². The largest absolute Gasteiger partial charge is 0.322 e. The van der Waals surface area contributed by atoms with Crippen molar-refractivity contribution in [3.8, 4) is 0 Å². The first kappa shape index (κ1) is 23.4. The van der Waals surface area contributed by atoms with Crippen LogP contribution in [0, 0.1) is 5.82 Å². The SMILES string of the molecule is O=C(Nc1cccc(F)c1)c1cccc(NC(=O)c2ccc3c(=O)n4c(nc3c2)CCCCCC4)c1. The van der Waals surface area contributed by atoms with Crippen molar-refractivity contribution in [2.45, 2.75) is 38.6 Å². The first-order valence-electron chi connectivity index (χ1n) is 12.0. The number of hydrogen-bond acceptors (Lipinski definition) is 4. The van der Waals surface area contributed by atoms with Gasteiger partial charge in [-0.1, -0.05) is 25.0 Å². The highest BCUT2D eigenvalue weighted by Gasteiger charge is 2.16. The van der Waals surface area contributed by atoms with Crippen molar-refractivity contribution < 1.29 is 14.0 Å². The van der Waals surface area contributed by atoms with E-state index in [2.05, 4.69) is 10.6 Å². The van der Waals surface area contributed by atoms with Gasteiger partial charge in [0.05, 0.1) is 10.9 Å². The zero-order valence-electron chi connectivity index (χ0n) is 19.6. The number of hydrogen-bond donors (Lipinski definition) is 2. The molecule has 0 aliphatic carbocycles. The molecule has 2 amide bonds. The van der Waals surface area contributed by atoms with Gasteiger partial charge in [-0.2, -0.15) is 0 Å². The zero-order chi connectivity index (χ0) is 25.1. The second-order valence-corrected chi connectivity index (χ2v) is 8.88. The Morgan fingerprint density at radius 3 is 2.28 bits per heavy atom. The van der Waals surface area contributed by atoms with Gasteiger partial charge in [-0.25, -0.2) is 9.37 Å². The number of benzene rings is 3. The van der Waals surface area contributed by atoms with E-state index in [0.717, 1.165) is 37.9 Å². The number of carbonyl (C=O) groups excluding carboxylic acids is 2. The summed E-state index contributed by atoms with van der Waals surface area (Å²) in [7, 11) is 0. The van der Waals surface area contributed by atoms with Crippen LogP contribution in [0.15, 0.2) is 71.5 Å². The van der Waals surface area contributed by atoms with Crippen molar-refractivity contribution in [3.05, 3.63) is 99.9 Å². The molecule has 0 radical (unpaired) electrons. The highest BCUT2D eigenvalue weighted by Crippen LogP contribution is 2.19. The average Bonchev–Trinajstić information content (AvgIpc) is 2.85. The molecule has 5 rings (SSSR count).